The van der Waals surface area contributed by atoms with Crippen molar-refractivity contribution in [1.82, 2.24) is 0 Å². The first kappa shape index (κ1) is 43.9. The quantitative estimate of drug-likeness (QED) is 0.271. The van der Waals surface area contributed by atoms with Crippen molar-refractivity contribution in [1.29, 1.82) is 0 Å². The zero-order chi connectivity index (χ0) is 0. The van der Waals surface area contributed by atoms with Crippen LogP contribution in [0.25, 0.3) is 0 Å². The van der Waals surface area contributed by atoms with Gasteiger partial charge >= 0.3 is 0 Å². The molecule has 0 saturated heterocycles. The van der Waals surface area contributed by atoms with Crippen molar-refractivity contribution in [3.63, 3.8) is 0 Å². The number of hydrogen-bond donors (Lipinski definition) is 0. The predicted molar refractivity (Wildman–Crippen MR) is 17.3 cm³/mol. The molecule has 0 nitrogen and oxygen atoms in total. The van der Waals surface area contributed by atoms with Crippen molar-refractivity contribution >= 4 is 81.9 Å². The molecule has 0 spiro atoms. The van der Waals surface area contributed by atoms with E-state index in [0.29, 0.717) is 0 Å². The maximum atomic E-state index is 0. The van der Waals surface area contributed by atoms with Gasteiger partial charge in [0.2, 0.25) is 0 Å². The Bertz CT molecular complexity index is 8.75. The molecule has 0 aliphatic heterocycles. The molecule has 0 aliphatic carbocycles. The van der Waals surface area contributed by atoms with Gasteiger partial charge in [0.05, 0.1) is 0 Å². The van der Waals surface area contributed by atoms with Crippen molar-refractivity contribution in [2.75, 3.05) is 0 Å². The van der Waals surface area contributed by atoms with E-state index in [2.05, 4.69) is 0 Å². The van der Waals surface area contributed by atoms with E-state index in [4.69, 9.17) is 0 Å². The molecule has 0 N–H and O–H groups in total. The molecule has 0 aliphatic rings. The molecule has 30 valence electrons. The van der Waals surface area contributed by atoms with Crippen LogP contribution in [-0.2, 0) is 68.9 Å². The third-order valence-corrected chi connectivity index (χ3v) is 0. The van der Waals surface area contributed by atoms with Gasteiger partial charge in [-0.1, -0.05) is 0 Å². The van der Waals surface area contributed by atoms with Crippen LogP contribution in [0.4, 0.5) is 0 Å². The summed E-state index contributed by atoms with van der Waals surface area (Å²) in [7, 11) is 0. The van der Waals surface area contributed by atoms with Crippen molar-refractivity contribution in [3.05, 3.63) is 0 Å². The van der Waals surface area contributed by atoms with Gasteiger partial charge in [0.25, 0.3) is 0 Å². The van der Waals surface area contributed by atoms with Crippen LogP contribution in [0.2, 0.25) is 0 Å². The Morgan fingerprint density at radius 2 is 0.500 bits per heavy atom. The van der Waals surface area contributed by atoms with E-state index in [1.165, 1.54) is 0 Å². The van der Waals surface area contributed by atoms with Gasteiger partial charge in [-0.2, -0.15) is 0 Å². The molecular weight excluding hydrogens is 863 g/mol. The minimum absolute atomic E-state index is 0. The molecular formula is NiPb3Zr2. The van der Waals surface area contributed by atoms with Crippen LogP contribution in [0, 0.1) is 0 Å². The van der Waals surface area contributed by atoms with Crippen LogP contribution in [0.1, 0.15) is 0 Å². The number of rotatable bonds is 0. The van der Waals surface area contributed by atoms with Crippen molar-refractivity contribution in [3.8, 4) is 0 Å². The molecule has 0 amide bonds. The van der Waals surface area contributed by atoms with Crippen LogP contribution in [0.5, 0.6) is 0 Å². The summed E-state index contributed by atoms with van der Waals surface area (Å²) in [5.74, 6) is 0. The van der Waals surface area contributed by atoms with Gasteiger partial charge in [0.1, 0.15) is 0 Å². The van der Waals surface area contributed by atoms with Crippen LogP contribution in [0.15, 0.2) is 0 Å². The summed E-state index contributed by atoms with van der Waals surface area (Å²) in [6, 6.07) is 0. The maximum absolute atomic E-state index is 0. The first-order valence-corrected chi connectivity index (χ1v) is 0. The Balaban J connectivity index is 0. The van der Waals surface area contributed by atoms with E-state index in [9.17, 15) is 0 Å². The summed E-state index contributed by atoms with van der Waals surface area (Å²) in [5, 5.41) is 0. The molecule has 0 aromatic rings. The molecule has 0 bridgehead atoms. The average Bonchev–Trinajstić information content (AvgIpc) is 0. The van der Waals surface area contributed by atoms with E-state index in [1.54, 1.807) is 0 Å². The van der Waals surface area contributed by atoms with Gasteiger partial charge in [0.15, 0.2) is 0 Å². The van der Waals surface area contributed by atoms with Gasteiger partial charge in [-0.05, 0) is 0 Å². The molecule has 12 radical (unpaired) electrons. The fraction of sp³-hybridized carbons (Fsp3) is 0. The second-order valence-corrected chi connectivity index (χ2v) is 0. The second kappa shape index (κ2) is 32.3. The molecule has 0 aromatic carbocycles. The van der Waals surface area contributed by atoms with Gasteiger partial charge < -0.3 is 0 Å². The zero-order valence-electron chi connectivity index (χ0n) is 2.82. The molecule has 0 unspecified atom stereocenters. The first-order valence-electron chi connectivity index (χ1n) is 0. The third-order valence-electron chi connectivity index (χ3n) is 0. The Morgan fingerprint density at radius 1 is 0.500 bits per heavy atom. The SMILES string of the molecule is [Ni].[Pb].[Pb].[Pb].[Zr].[Zr]. The fourth-order valence-corrected chi connectivity index (χ4v) is 0. The Hall–Kier alpha value is 5.03. The molecule has 0 saturated carbocycles. The van der Waals surface area contributed by atoms with Gasteiger partial charge in [-0.15, -0.1) is 0 Å². The van der Waals surface area contributed by atoms with E-state index < -0.39 is 0 Å². The smallest absolute Gasteiger partial charge is 0 e. The summed E-state index contributed by atoms with van der Waals surface area (Å²) in [6.45, 7) is 0. The summed E-state index contributed by atoms with van der Waals surface area (Å²) >= 11 is 0. The number of hydrogen-bond acceptors (Lipinski definition) is 0. The fourth-order valence-electron chi connectivity index (χ4n) is 0. The predicted octanol–water partition coefficient (Wildman–Crippen LogP) is -1.15. The molecule has 0 rings (SSSR count). The summed E-state index contributed by atoms with van der Waals surface area (Å²) in [6.07, 6.45) is 0. The van der Waals surface area contributed by atoms with E-state index in [-0.39, 0.29) is 151 Å². The third kappa shape index (κ3) is 23.0. The molecule has 6 heavy (non-hydrogen) atoms. The monoisotopic (exact) mass is 862 g/mol. The summed E-state index contributed by atoms with van der Waals surface area (Å²) < 4.78 is 0. The second-order valence-electron chi connectivity index (χ2n) is 0. The van der Waals surface area contributed by atoms with Crippen LogP contribution in [-0.4, -0.2) is 81.9 Å². The summed E-state index contributed by atoms with van der Waals surface area (Å²) in [5.41, 5.74) is 0. The minimum atomic E-state index is 0. The van der Waals surface area contributed by atoms with Crippen LogP contribution in [0.3, 0.4) is 0 Å². The van der Waals surface area contributed by atoms with Gasteiger partial charge in [0, 0.05) is 151 Å². The molecule has 0 atom stereocenters. The minimum Gasteiger partial charge on any atom is 0 e. The van der Waals surface area contributed by atoms with Crippen LogP contribution < -0.4 is 0 Å². The van der Waals surface area contributed by atoms with E-state index in [1.807, 2.05) is 0 Å². The van der Waals surface area contributed by atoms with Gasteiger partial charge in [-0.25, -0.2) is 0 Å². The van der Waals surface area contributed by atoms with Crippen LogP contribution >= 0.6 is 0 Å². The maximum Gasteiger partial charge on any atom is 0 e. The molecule has 0 fully saturated rings. The normalized spacial score (nSPS) is 0. The summed E-state index contributed by atoms with van der Waals surface area (Å²) in [4.78, 5) is 0. The van der Waals surface area contributed by atoms with Crippen molar-refractivity contribution in [2.24, 2.45) is 0 Å². The van der Waals surface area contributed by atoms with Crippen molar-refractivity contribution in [2.45, 2.75) is 0 Å². The topological polar surface area (TPSA) is 0 Å². The Morgan fingerprint density at radius 3 is 0.500 bits per heavy atom. The Labute approximate surface area is 147 Å². The van der Waals surface area contributed by atoms with Crippen molar-refractivity contribution < 1.29 is 68.9 Å². The standard InChI is InChI=1S/Ni.3Pb.2Zr. The zero-order valence-corrected chi connectivity index (χ0v) is 20.4. The average molecular weight is 863 g/mol. The molecule has 0 heterocycles. The largest absolute Gasteiger partial charge is 0 e. The van der Waals surface area contributed by atoms with E-state index >= 15 is 0 Å². The van der Waals surface area contributed by atoms with E-state index in [0.717, 1.165) is 0 Å². The molecule has 6 heteroatoms. The first-order chi connectivity index (χ1) is 0. The van der Waals surface area contributed by atoms with Gasteiger partial charge in [-0.3, -0.25) is 0 Å². The molecule has 0 aromatic heterocycles. The Kier molecular flexibility index (Phi) is 236.